The first kappa shape index (κ1) is 13.4. The Morgan fingerprint density at radius 2 is 2.12 bits per heavy atom. The Morgan fingerprint density at radius 3 is 2.56 bits per heavy atom. The number of hydrogen-bond donors (Lipinski definition) is 2. The molecule has 0 aromatic rings. The van der Waals surface area contributed by atoms with Gasteiger partial charge in [0.05, 0.1) is 11.5 Å². The van der Waals surface area contributed by atoms with Crippen LogP contribution in [0.5, 0.6) is 0 Å². The van der Waals surface area contributed by atoms with Crippen molar-refractivity contribution in [3.8, 4) is 0 Å². The van der Waals surface area contributed by atoms with Gasteiger partial charge in [0.25, 0.3) is 0 Å². The zero-order valence-corrected chi connectivity index (χ0v) is 10.6. The van der Waals surface area contributed by atoms with Crippen LogP contribution in [-0.2, 0) is 14.6 Å². The zero-order valence-electron chi connectivity index (χ0n) is 9.82. The summed E-state index contributed by atoms with van der Waals surface area (Å²) >= 11 is 0. The fourth-order valence-corrected chi connectivity index (χ4v) is 3.44. The Labute approximate surface area is 96.7 Å². The first-order valence-corrected chi connectivity index (χ1v) is 7.30. The van der Waals surface area contributed by atoms with Crippen molar-refractivity contribution in [2.45, 2.75) is 32.7 Å². The Bertz CT molecular complexity index is 362. The Balaban J connectivity index is 2.53. The van der Waals surface area contributed by atoms with Gasteiger partial charge in [0.2, 0.25) is 5.91 Å². The van der Waals surface area contributed by atoms with Crippen molar-refractivity contribution in [2.24, 2.45) is 11.1 Å². The molecule has 1 fully saturated rings. The van der Waals surface area contributed by atoms with Gasteiger partial charge in [-0.15, -0.1) is 0 Å². The third kappa shape index (κ3) is 3.45. The SMILES string of the molecule is CC(C)(CCN)C(=O)NC1CCS(=O)(=O)C1. The average molecular weight is 248 g/mol. The number of rotatable bonds is 4. The molecule has 0 saturated carbocycles. The second-order valence-corrected chi connectivity index (χ2v) is 7.22. The lowest BCUT2D eigenvalue weighted by Crippen LogP contribution is -2.44. The molecule has 3 N–H and O–H groups in total. The summed E-state index contributed by atoms with van der Waals surface area (Å²) in [6, 6.07) is -0.227. The van der Waals surface area contributed by atoms with E-state index in [0.717, 1.165) is 0 Å². The first-order chi connectivity index (χ1) is 7.27. The van der Waals surface area contributed by atoms with Crippen LogP contribution in [0.3, 0.4) is 0 Å². The van der Waals surface area contributed by atoms with Gasteiger partial charge in [-0.05, 0) is 19.4 Å². The third-order valence-electron chi connectivity index (χ3n) is 2.95. The van der Waals surface area contributed by atoms with Crippen LogP contribution < -0.4 is 11.1 Å². The Morgan fingerprint density at radius 1 is 1.50 bits per heavy atom. The molecule has 1 unspecified atom stereocenters. The molecule has 0 radical (unpaired) electrons. The molecule has 0 spiro atoms. The standard InChI is InChI=1S/C10H20N2O3S/c1-10(2,4-5-11)9(13)12-8-3-6-16(14,15)7-8/h8H,3-7,11H2,1-2H3,(H,12,13). The van der Waals surface area contributed by atoms with Crippen LogP contribution in [0.4, 0.5) is 0 Å². The van der Waals surface area contributed by atoms with Crippen LogP contribution in [0.2, 0.25) is 0 Å². The van der Waals surface area contributed by atoms with Crippen LogP contribution in [0.25, 0.3) is 0 Å². The topological polar surface area (TPSA) is 89.3 Å². The molecule has 1 atom stereocenters. The van der Waals surface area contributed by atoms with Crippen LogP contribution in [0.15, 0.2) is 0 Å². The zero-order chi connectivity index (χ0) is 12.4. The second kappa shape index (κ2) is 4.71. The maximum atomic E-state index is 11.9. The van der Waals surface area contributed by atoms with Crippen molar-refractivity contribution in [3.63, 3.8) is 0 Å². The number of carbonyl (C=O) groups excluding carboxylic acids is 1. The van der Waals surface area contributed by atoms with Gasteiger partial charge in [-0.1, -0.05) is 13.8 Å². The van der Waals surface area contributed by atoms with E-state index in [9.17, 15) is 13.2 Å². The maximum absolute atomic E-state index is 11.9. The summed E-state index contributed by atoms with van der Waals surface area (Å²) in [7, 11) is -2.94. The van der Waals surface area contributed by atoms with Gasteiger partial charge in [-0.2, -0.15) is 0 Å². The normalized spacial score (nSPS) is 24.3. The molecule has 0 bridgehead atoms. The minimum atomic E-state index is -2.94. The number of nitrogens with two attached hydrogens (primary N) is 1. The predicted molar refractivity (Wildman–Crippen MR) is 62.7 cm³/mol. The lowest BCUT2D eigenvalue weighted by Gasteiger charge is -2.24. The Kier molecular flexibility index (Phi) is 3.96. The molecule has 0 aromatic carbocycles. The van der Waals surface area contributed by atoms with Gasteiger partial charge < -0.3 is 11.1 Å². The number of hydrogen-bond acceptors (Lipinski definition) is 4. The molecule has 94 valence electrons. The summed E-state index contributed by atoms with van der Waals surface area (Å²) in [5, 5.41) is 2.79. The van der Waals surface area contributed by atoms with E-state index in [1.807, 2.05) is 13.8 Å². The van der Waals surface area contributed by atoms with Gasteiger partial charge in [-0.3, -0.25) is 4.79 Å². The third-order valence-corrected chi connectivity index (χ3v) is 4.72. The number of amides is 1. The molecule has 0 aliphatic carbocycles. The van der Waals surface area contributed by atoms with Crippen molar-refractivity contribution in [1.29, 1.82) is 0 Å². The first-order valence-electron chi connectivity index (χ1n) is 5.48. The maximum Gasteiger partial charge on any atom is 0.225 e. The fraction of sp³-hybridized carbons (Fsp3) is 0.900. The Hall–Kier alpha value is -0.620. The van der Waals surface area contributed by atoms with Gasteiger partial charge in [-0.25, -0.2) is 8.42 Å². The van der Waals surface area contributed by atoms with Crippen molar-refractivity contribution in [1.82, 2.24) is 5.32 Å². The molecule has 16 heavy (non-hydrogen) atoms. The van der Waals surface area contributed by atoms with E-state index in [2.05, 4.69) is 5.32 Å². The van der Waals surface area contributed by atoms with Crippen LogP contribution >= 0.6 is 0 Å². The largest absolute Gasteiger partial charge is 0.352 e. The molecular weight excluding hydrogens is 228 g/mol. The molecule has 1 amide bonds. The van der Waals surface area contributed by atoms with E-state index in [4.69, 9.17) is 5.73 Å². The highest BCUT2D eigenvalue weighted by molar-refractivity contribution is 7.91. The van der Waals surface area contributed by atoms with Crippen molar-refractivity contribution in [2.75, 3.05) is 18.1 Å². The molecular formula is C10H20N2O3S. The van der Waals surface area contributed by atoms with Gasteiger partial charge in [0.1, 0.15) is 0 Å². The van der Waals surface area contributed by atoms with E-state index in [-0.39, 0.29) is 23.5 Å². The molecule has 1 rings (SSSR count). The quantitative estimate of drug-likeness (QED) is 0.712. The van der Waals surface area contributed by atoms with Crippen molar-refractivity contribution < 1.29 is 13.2 Å². The highest BCUT2D eigenvalue weighted by Crippen LogP contribution is 2.21. The van der Waals surface area contributed by atoms with E-state index >= 15 is 0 Å². The van der Waals surface area contributed by atoms with E-state index in [1.54, 1.807) is 0 Å². The van der Waals surface area contributed by atoms with Crippen molar-refractivity contribution >= 4 is 15.7 Å². The smallest absolute Gasteiger partial charge is 0.225 e. The van der Waals surface area contributed by atoms with Crippen LogP contribution in [-0.4, -0.2) is 38.4 Å². The molecule has 5 nitrogen and oxygen atoms in total. The van der Waals surface area contributed by atoms with Gasteiger partial charge >= 0.3 is 0 Å². The summed E-state index contributed by atoms with van der Waals surface area (Å²) in [4.78, 5) is 11.9. The summed E-state index contributed by atoms with van der Waals surface area (Å²) in [6.45, 7) is 4.08. The van der Waals surface area contributed by atoms with E-state index < -0.39 is 15.3 Å². The minimum absolute atomic E-state index is 0.0669. The molecule has 1 heterocycles. The summed E-state index contributed by atoms with van der Waals surface area (Å²) < 4.78 is 22.5. The van der Waals surface area contributed by atoms with Crippen LogP contribution in [0, 0.1) is 5.41 Å². The lowest BCUT2D eigenvalue weighted by molar-refractivity contribution is -0.130. The molecule has 1 aliphatic heterocycles. The minimum Gasteiger partial charge on any atom is -0.352 e. The highest BCUT2D eigenvalue weighted by Gasteiger charge is 2.33. The highest BCUT2D eigenvalue weighted by atomic mass is 32.2. The van der Waals surface area contributed by atoms with Gasteiger partial charge in [0, 0.05) is 11.5 Å². The number of carbonyl (C=O) groups is 1. The predicted octanol–water partition coefficient (Wildman–Crippen LogP) is -0.335. The number of nitrogens with one attached hydrogen (secondary N) is 1. The summed E-state index contributed by atoms with van der Waals surface area (Å²) in [6.07, 6.45) is 1.12. The molecule has 1 aliphatic rings. The van der Waals surface area contributed by atoms with E-state index in [0.29, 0.717) is 19.4 Å². The van der Waals surface area contributed by atoms with Crippen LogP contribution in [0.1, 0.15) is 26.7 Å². The molecule has 0 aromatic heterocycles. The van der Waals surface area contributed by atoms with Gasteiger partial charge in [0.15, 0.2) is 9.84 Å². The molecule has 1 saturated heterocycles. The second-order valence-electron chi connectivity index (χ2n) is 5.00. The van der Waals surface area contributed by atoms with Crippen molar-refractivity contribution in [3.05, 3.63) is 0 Å². The summed E-state index contributed by atoms with van der Waals surface area (Å²) in [5.74, 6) is 0.132. The monoisotopic (exact) mass is 248 g/mol. The van der Waals surface area contributed by atoms with E-state index in [1.165, 1.54) is 0 Å². The average Bonchev–Trinajstić information content (AvgIpc) is 2.45. The lowest BCUT2D eigenvalue weighted by atomic mass is 9.88. The molecule has 6 heteroatoms. The number of sulfone groups is 1. The fourth-order valence-electron chi connectivity index (χ4n) is 1.76. The summed E-state index contributed by atoms with van der Waals surface area (Å²) in [5.41, 5.74) is 4.90.